The van der Waals surface area contributed by atoms with E-state index >= 15 is 0 Å². The largest absolute Gasteiger partial charge is 0.479 e. The molecule has 2 rings (SSSR count). The zero-order chi connectivity index (χ0) is 27.2. The highest BCUT2D eigenvalue weighted by Gasteiger charge is 2.54. The number of rotatable bonds is 12. The van der Waals surface area contributed by atoms with Gasteiger partial charge in [-0.15, -0.1) is 0 Å². The topological polar surface area (TPSA) is 184 Å². The van der Waals surface area contributed by atoms with Crippen molar-refractivity contribution in [2.24, 2.45) is 5.92 Å². The van der Waals surface area contributed by atoms with Crippen molar-refractivity contribution in [1.29, 1.82) is 0 Å². The number of amides is 1. The molecule has 0 saturated carbocycles. The lowest BCUT2D eigenvalue weighted by Crippen LogP contribution is -2.69. The summed E-state index contributed by atoms with van der Waals surface area (Å²) in [6.07, 6.45) is -10.3. The third-order valence-electron chi connectivity index (χ3n) is 7.16. The maximum absolute atomic E-state index is 12.0. The van der Waals surface area contributed by atoms with Gasteiger partial charge in [-0.05, 0) is 18.8 Å². The highest BCUT2D eigenvalue weighted by atomic mass is 16.7. The van der Waals surface area contributed by atoms with Crippen LogP contribution >= 0.6 is 0 Å². The number of aliphatic hydroxyl groups excluding tert-OH is 4. The fourth-order valence-corrected chi connectivity index (χ4v) is 5.01. The van der Waals surface area contributed by atoms with Gasteiger partial charge in [0.2, 0.25) is 5.91 Å². The van der Waals surface area contributed by atoms with Crippen LogP contribution in [0.4, 0.5) is 0 Å². The minimum absolute atomic E-state index is 0.0677. The third kappa shape index (κ3) is 6.93. The maximum Gasteiger partial charge on any atom is 0.335 e. The summed E-state index contributed by atoms with van der Waals surface area (Å²) in [5.74, 6) is -1.91. The summed E-state index contributed by atoms with van der Waals surface area (Å²) >= 11 is 0. The van der Waals surface area contributed by atoms with E-state index in [0.717, 1.165) is 0 Å². The second-order valence-electron chi connectivity index (χ2n) is 9.50. The molecule has 0 aliphatic carbocycles. The zero-order valence-corrected chi connectivity index (χ0v) is 21.6. The molecule has 2 heterocycles. The molecule has 0 radical (unpaired) electrons. The van der Waals surface area contributed by atoms with Gasteiger partial charge in [0.1, 0.15) is 36.6 Å². The minimum atomic E-state index is -1.72. The first kappa shape index (κ1) is 30.8. The van der Waals surface area contributed by atoms with E-state index < -0.39 is 79.6 Å². The van der Waals surface area contributed by atoms with E-state index in [1.54, 1.807) is 0 Å². The predicted octanol–water partition coefficient (Wildman–Crippen LogP) is -0.462. The summed E-state index contributed by atoms with van der Waals surface area (Å²) in [6.45, 7) is 8.35. The number of carboxylic acids is 1. The van der Waals surface area contributed by atoms with Crippen molar-refractivity contribution >= 4 is 11.9 Å². The van der Waals surface area contributed by atoms with Crippen molar-refractivity contribution in [2.75, 3.05) is 6.61 Å². The summed E-state index contributed by atoms with van der Waals surface area (Å²) in [5.41, 5.74) is 0. The lowest BCUT2D eigenvalue weighted by Gasteiger charge is -2.49. The molecule has 36 heavy (non-hydrogen) atoms. The molecule has 0 aromatic rings. The van der Waals surface area contributed by atoms with Gasteiger partial charge in [0, 0.05) is 6.92 Å². The monoisotopic (exact) mass is 521 g/mol. The molecule has 10 atom stereocenters. The van der Waals surface area contributed by atoms with Crippen LogP contribution < -0.4 is 5.32 Å². The van der Waals surface area contributed by atoms with Crippen molar-refractivity contribution in [3.8, 4) is 0 Å². The first-order valence-electron chi connectivity index (χ1n) is 12.8. The second-order valence-corrected chi connectivity index (χ2v) is 9.50. The normalized spacial score (nSPS) is 37.3. The van der Waals surface area contributed by atoms with Crippen LogP contribution in [0.2, 0.25) is 0 Å². The Balaban J connectivity index is 2.37. The average molecular weight is 522 g/mol. The number of carbonyl (C=O) groups is 2. The molecule has 0 spiro atoms. The molecule has 1 amide bonds. The lowest BCUT2D eigenvalue weighted by atomic mass is 9.83. The minimum Gasteiger partial charge on any atom is -0.479 e. The van der Waals surface area contributed by atoms with E-state index in [2.05, 4.69) is 5.32 Å². The quantitative estimate of drug-likeness (QED) is 0.195. The van der Waals surface area contributed by atoms with Crippen LogP contribution in [0.1, 0.15) is 60.3 Å². The zero-order valence-electron chi connectivity index (χ0n) is 21.6. The van der Waals surface area contributed by atoms with Gasteiger partial charge in [0.05, 0.1) is 24.9 Å². The molecule has 2 fully saturated rings. The van der Waals surface area contributed by atoms with E-state index in [4.69, 9.17) is 18.9 Å². The summed E-state index contributed by atoms with van der Waals surface area (Å²) in [7, 11) is 0. The smallest absolute Gasteiger partial charge is 0.335 e. The van der Waals surface area contributed by atoms with Gasteiger partial charge in [-0.25, -0.2) is 4.79 Å². The Kier molecular flexibility index (Phi) is 12.0. The summed E-state index contributed by atoms with van der Waals surface area (Å²) in [6, 6.07) is -0.903. The van der Waals surface area contributed by atoms with E-state index in [1.807, 2.05) is 27.7 Å². The van der Waals surface area contributed by atoms with E-state index in [1.165, 1.54) is 6.92 Å². The number of aliphatic hydroxyl groups is 4. The van der Waals surface area contributed by atoms with Gasteiger partial charge in [0.15, 0.2) is 12.4 Å². The Hall–Kier alpha value is -1.38. The molecule has 12 heteroatoms. The van der Waals surface area contributed by atoms with Crippen LogP contribution in [0.5, 0.6) is 0 Å². The number of aliphatic carboxylic acids is 1. The fourth-order valence-electron chi connectivity index (χ4n) is 5.01. The van der Waals surface area contributed by atoms with Crippen molar-refractivity contribution in [2.45, 2.75) is 128 Å². The molecular formula is C24H43NO11. The molecular weight excluding hydrogens is 478 g/mol. The Bertz CT molecular complexity index is 702. The summed E-state index contributed by atoms with van der Waals surface area (Å²) in [5, 5.41) is 54.9. The Labute approximate surface area is 211 Å². The van der Waals surface area contributed by atoms with Crippen LogP contribution in [0.3, 0.4) is 0 Å². The summed E-state index contributed by atoms with van der Waals surface area (Å²) < 4.78 is 23.2. The number of hydrogen-bond donors (Lipinski definition) is 6. The molecule has 0 aromatic carbocycles. The molecule has 2 aliphatic rings. The molecule has 8 unspecified atom stereocenters. The van der Waals surface area contributed by atoms with Crippen molar-refractivity contribution in [3.05, 3.63) is 0 Å². The predicted molar refractivity (Wildman–Crippen MR) is 126 cm³/mol. The Morgan fingerprint density at radius 3 is 2.00 bits per heavy atom. The molecule has 0 aromatic heterocycles. The van der Waals surface area contributed by atoms with Crippen LogP contribution in [0.15, 0.2) is 0 Å². The van der Waals surface area contributed by atoms with E-state index in [-0.39, 0.29) is 12.0 Å². The summed E-state index contributed by atoms with van der Waals surface area (Å²) in [4.78, 5) is 24.0. The van der Waals surface area contributed by atoms with Gasteiger partial charge < -0.3 is 49.8 Å². The van der Waals surface area contributed by atoms with Crippen molar-refractivity contribution in [1.82, 2.24) is 5.32 Å². The Morgan fingerprint density at radius 1 is 0.917 bits per heavy atom. The number of carbonyl (C=O) groups excluding carboxylic acids is 1. The molecule has 210 valence electrons. The second kappa shape index (κ2) is 14.0. The standard InChI is InChI=1S/C24H43NO11/c1-6-12(7-2)19-15(25-11(5)27)20(16(28)14(10-26)34-19)35-24-18(30)17(29)21(22(36-24)23(31)32)33-13(8-3)9-4/h12-22,24,26,28-30H,6-10H2,1-5H3,(H,25,27)(H,31,32)/t14?,15?,16?,17?,18?,19-,20?,21?,22?,24-/m0/s1. The number of ether oxygens (including phenoxy) is 4. The molecule has 6 N–H and O–H groups in total. The van der Waals surface area contributed by atoms with Gasteiger partial charge in [0.25, 0.3) is 0 Å². The molecule has 12 nitrogen and oxygen atoms in total. The van der Waals surface area contributed by atoms with Crippen molar-refractivity contribution < 1.29 is 54.1 Å². The number of carboxylic acid groups (broad SMARTS) is 1. The lowest BCUT2D eigenvalue weighted by molar-refractivity contribution is -0.334. The molecule has 2 aliphatic heterocycles. The SMILES string of the molecule is CCC(CC)OC1C(C(=O)O)O[C@H](OC2C(O)C(CO)O[C@@H](C(CC)CC)C2NC(C)=O)C(O)C1O. The highest BCUT2D eigenvalue weighted by Crippen LogP contribution is 2.34. The number of hydrogen-bond acceptors (Lipinski definition) is 10. The first-order chi connectivity index (χ1) is 17.0. The maximum atomic E-state index is 12.0. The van der Waals surface area contributed by atoms with Crippen LogP contribution in [0.25, 0.3) is 0 Å². The molecule has 0 bridgehead atoms. The number of nitrogens with one attached hydrogen (secondary N) is 1. The van der Waals surface area contributed by atoms with Crippen molar-refractivity contribution in [3.63, 3.8) is 0 Å². The van der Waals surface area contributed by atoms with Gasteiger partial charge in [-0.1, -0.05) is 40.5 Å². The Morgan fingerprint density at radius 2 is 1.53 bits per heavy atom. The van der Waals surface area contributed by atoms with Crippen LogP contribution in [-0.2, 0) is 28.5 Å². The third-order valence-corrected chi connectivity index (χ3v) is 7.16. The van der Waals surface area contributed by atoms with Gasteiger partial charge >= 0.3 is 5.97 Å². The van der Waals surface area contributed by atoms with Crippen LogP contribution in [0, 0.1) is 5.92 Å². The average Bonchev–Trinajstić information content (AvgIpc) is 2.84. The molecule has 2 saturated heterocycles. The fraction of sp³-hybridized carbons (Fsp3) is 0.917. The van der Waals surface area contributed by atoms with E-state index in [0.29, 0.717) is 25.7 Å². The van der Waals surface area contributed by atoms with Gasteiger partial charge in [-0.2, -0.15) is 0 Å². The first-order valence-corrected chi connectivity index (χ1v) is 12.8. The van der Waals surface area contributed by atoms with E-state index in [9.17, 15) is 35.1 Å². The van der Waals surface area contributed by atoms with Crippen LogP contribution in [-0.4, -0.2) is 111 Å². The highest BCUT2D eigenvalue weighted by molar-refractivity contribution is 5.74. The van der Waals surface area contributed by atoms with Gasteiger partial charge in [-0.3, -0.25) is 4.79 Å².